The molecule has 1 aromatic carbocycles. The van der Waals surface area contributed by atoms with Crippen molar-refractivity contribution in [1.82, 2.24) is 5.32 Å². The van der Waals surface area contributed by atoms with Crippen LogP contribution >= 0.6 is 0 Å². The van der Waals surface area contributed by atoms with Gasteiger partial charge in [0.2, 0.25) is 5.91 Å². The minimum Gasteiger partial charge on any atom is -0.486 e. The second-order valence-electron chi connectivity index (χ2n) is 8.92. The molecule has 3 aliphatic carbocycles. The van der Waals surface area contributed by atoms with E-state index in [1.54, 1.807) is 0 Å². The van der Waals surface area contributed by atoms with Gasteiger partial charge in [0.25, 0.3) is 0 Å². The number of rotatable bonds is 4. The van der Waals surface area contributed by atoms with Crippen LogP contribution in [0.4, 0.5) is 0 Å². The lowest BCUT2D eigenvalue weighted by molar-refractivity contribution is -0.128. The first-order chi connectivity index (χ1) is 13.2. The van der Waals surface area contributed by atoms with E-state index in [2.05, 4.69) is 17.4 Å². The van der Waals surface area contributed by atoms with Crippen LogP contribution < -0.4 is 20.5 Å². The average Bonchev–Trinajstić information content (AvgIpc) is 3.50. The van der Waals surface area contributed by atoms with E-state index in [4.69, 9.17) is 15.2 Å². The monoisotopic (exact) mass is 370 g/mol. The van der Waals surface area contributed by atoms with Gasteiger partial charge in [0, 0.05) is 12.0 Å². The minimum absolute atomic E-state index is 0.0868. The summed E-state index contributed by atoms with van der Waals surface area (Å²) in [6.45, 7) is 1.18. The van der Waals surface area contributed by atoms with Crippen molar-refractivity contribution in [3.8, 4) is 11.5 Å². The third kappa shape index (κ3) is 3.42. The summed E-state index contributed by atoms with van der Waals surface area (Å²) < 4.78 is 11.4. The molecular weight excluding hydrogens is 340 g/mol. The largest absolute Gasteiger partial charge is 0.486 e. The van der Waals surface area contributed by atoms with Crippen LogP contribution in [0.15, 0.2) is 18.2 Å². The van der Waals surface area contributed by atoms with Gasteiger partial charge in [-0.1, -0.05) is 12.5 Å². The number of amides is 1. The molecule has 0 radical (unpaired) electrons. The number of nitrogens with one attached hydrogen (secondary N) is 1. The van der Waals surface area contributed by atoms with E-state index >= 15 is 0 Å². The highest BCUT2D eigenvalue weighted by atomic mass is 16.6. The molecule has 3 saturated carbocycles. The first-order valence-electron chi connectivity index (χ1n) is 10.6. The number of carbonyl (C=O) groups is 1. The van der Waals surface area contributed by atoms with Gasteiger partial charge < -0.3 is 20.5 Å². The average molecular weight is 370 g/mol. The van der Waals surface area contributed by atoms with Crippen molar-refractivity contribution in [3.63, 3.8) is 0 Å². The standard InChI is InChI=1S/C22H30N2O3/c23-20-14-2-1-3-15(20)11-17(10-14)22(25)24-21(13-4-5-13)16-6-7-18-19(12-16)27-9-8-26-18/h6-7,12-15,17,20-21H,1-5,8-11,23H2,(H,24,25). The van der Waals surface area contributed by atoms with Crippen molar-refractivity contribution in [3.05, 3.63) is 23.8 Å². The summed E-state index contributed by atoms with van der Waals surface area (Å²) in [6, 6.07) is 6.52. The zero-order valence-electron chi connectivity index (χ0n) is 15.9. The first-order valence-corrected chi connectivity index (χ1v) is 10.6. The van der Waals surface area contributed by atoms with Gasteiger partial charge in [-0.05, 0) is 74.0 Å². The van der Waals surface area contributed by atoms with E-state index in [0.29, 0.717) is 37.0 Å². The molecule has 5 nitrogen and oxygen atoms in total. The predicted octanol–water partition coefficient (Wildman–Crippen LogP) is 3.18. The molecule has 3 N–H and O–H groups in total. The summed E-state index contributed by atoms with van der Waals surface area (Å²) >= 11 is 0. The Bertz CT molecular complexity index is 704. The molecule has 0 spiro atoms. The van der Waals surface area contributed by atoms with Crippen LogP contribution in [-0.4, -0.2) is 25.2 Å². The van der Waals surface area contributed by atoms with E-state index < -0.39 is 0 Å². The van der Waals surface area contributed by atoms with Gasteiger partial charge in [-0.25, -0.2) is 0 Å². The Morgan fingerprint density at radius 3 is 2.44 bits per heavy atom. The van der Waals surface area contributed by atoms with Crippen LogP contribution in [0.1, 0.15) is 56.6 Å². The highest BCUT2D eigenvalue weighted by molar-refractivity contribution is 5.79. The zero-order chi connectivity index (χ0) is 18.4. The Morgan fingerprint density at radius 2 is 1.74 bits per heavy atom. The highest BCUT2D eigenvalue weighted by Crippen LogP contribution is 2.45. The van der Waals surface area contributed by atoms with Gasteiger partial charge in [-0.2, -0.15) is 0 Å². The Labute approximate surface area is 161 Å². The summed E-state index contributed by atoms with van der Waals surface area (Å²) in [5, 5.41) is 3.40. The molecule has 27 heavy (non-hydrogen) atoms. The van der Waals surface area contributed by atoms with Crippen LogP contribution in [0.3, 0.4) is 0 Å². The molecule has 146 valence electrons. The SMILES string of the molecule is NC1C2CCCC1CC(C(=O)NC(c1ccc3c(c1)OCCO3)C1CC1)C2. The van der Waals surface area contributed by atoms with Crippen molar-refractivity contribution >= 4 is 5.91 Å². The molecule has 3 unspecified atom stereocenters. The van der Waals surface area contributed by atoms with Crippen LogP contribution in [0.25, 0.3) is 0 Å². The van der Waals surface area contributed by atoms with Crippen LogP contribution in [0.2, 0.25) is 0 Å². The van der Waals surface area contributed by atoms with E-state index in [-0.39, 0.29) is 17.9 Å². The molecule has 1 aliphatic heterocycles. The fraction of sp³-hybridized carbons (Fsp3) is 0.682. The smallest absolute Gasteiger partial charge is 0.223 e. The number of nitrogens with two attached hydrogens (primary N) is 1. The van der Waals surface area contributed by atoms with Gasteiger partial charge in [-0.3, -0.25) is 4.79 Å². The Morgan fingerprint density at radius 1 is 1.04 bits per heavy atom. The Kier molecular flexibility index (Phi) is 4.50. The summed E-state index contributed by atoms with van der Waals surface area (Å²) in [5.74, 6) is 3.56. The molecule has 3 fully saturated rings. The lowest BCUT2D eigenvalue weighted by Gasteiger charge is -2.43. The molecule has 1 amide bonds. The highest BCUT2D eigenvalue weighted by Gasteiger charge is 2.42. The Hall–Kier alpha value is -1.75. The lowest BCUT2D eigenvalue weighted by Crippen LogP contribution is -2.49. The van der Waals surface area contributed by atoms with Gasteiger partial charge in [0.15, 0.2) is 11.5 Å². The van der Waals surface area contributed by atoms with Crippen molar-refractivity contribution in [2.45, 2.75) is 57.0 Å². The molecule has 0 saturated heterocycles. The van der Waals surface area contributed by atoms with Crippen molar-refractivity contribution in [2.24, 2.45) is 29.4 Å². The summed E-state index contributed by atoms with van der Waals surface area (Å²) in [5.41, 5.74) is 7.55. The second kappa shape index (κ2) is 7.01. The summed E-state index contributed by atoms with van der Waals surface area (Å²) in [7, 11) is 0. The minimum atomic E-state index is 0.0868. The fourth-order valence-electron chi connectivity index (χ4n) is 5.43. The number of benzene rings is 1. The summed E-state index contributed by atoms with van der Waals surface area (Å²) in [6.07, 6.45) is 7.94. The van der Waals surface area contributed by atoms with Crippen LogP contribution in [-0.2, 0) is 4.79 Å². The van der Waals surface area contributed by atoms with Crippen LogP contribution in [0.5, 0.6) is 11.5 Å². The lowest BCUT2D eigenvalue weighted by atomic mass is 9.65. The number of ether oxygens (including phenoxy) is 2. The van der Waals surface area contributed by atoms with Crippen molar-refractivity contribution in [1.29, 1.82) is 0 Å². The molecule has 1 heterocycles. The van der Waals surface area contributed by atoms with E-state index in [9.17, 15) is 4.79 Å². The Balaban J connectivity index is 1.31. The zero-order valence-corrected chi connectivity index (χ0v) is 15.9. The molecule has 5 heteroatoms. The normalized spacial score (nSPS) is 33.2. The van der Waals surface area contributed by atoms with Crippen LogP contribution in [0, 0.1) is 23.7 Å². The van der Waals surface area contributed by atoms with Gasteiger partial charge in [0.1, 0.15) is 13.2 Å². The maximum Gasteiger partial charge on any atom is 0.223 e. The molecule has 3 atom stereocenters. The van der Waals surface area contributed by atoms with Gasteiger partial charge in [0.05, 0.1) is 6.04 Å². The number of fused-ring (bicyclic) bond motifs is 3. The molecular formula is C22H30N2O3. The fourth-order valence-corrected chi connectivity index (χ4v) is 5.43. The maximum absolute atomic E-state index is 13.1. The molecule has 2 bridgehead atoms. The first kappa shape index (κ1) is 17.4. The number of hydrogen-bond acceptors (Lipinski definition) is 4. The maximum atomic E-state index is 13.1. The quantitative estimate of drug-likeness (QED) is 0.854. The van der Waals surface area contributed by atoms with Crippen molar-refractivity contribution in [2.75, 3.05) is 13.2 Å². The van der Waals surface area contributed by atoms with Gasteiger partial charge >= 0.3 is 0 Å². The third-order valence-corrected chi connectivity index (χ3v) is 7.10. The molecule has 1 aromatic rings. The van der Waals surface area contributed by atoms with E-state index in [1.165, 1.54) is 32.1 Å². The van der Waals surface area contributed by atoms with Crippen molar-refractivity contribution < 1.29 is 14.3 Å². The third-order valence-electron chi connectivity index (χ3n) is 7.10. The van der Waals surface area contributed by atoms with E-state index in [0.717, 1.165) is 29.9 Å². The molecule has 4 aliphatic rings. The second-order valence-corrected chi connectivity index (χ2v) is 8.92. The molecule has 5 rings (SSSR count). The van der Waals surface area contributed by atoms with E-state index in [1.807, 2.05) is 6.07 Å². The topological polar surface area (TPSA) is 73.6 Å². The molecule has 0 aromatic heterocycles. The summed E-state index contributed by atoms with van der Waals surface area (Å²) in [4.78, 5) is 13.1. The predicted molar refractivity (Wildman–Crippen MR) is 103 cm³/mol. The van der Waals surface area contributed by atoms with Gasteiger partial charge in [-0.15, -0.1) is 0 Å². The number of hydrogen-bond donors (Lipinski definition) is 2. The number of carbonyl (C=O) groups excluding carboxylic acids is 1.